The number of benzene rings is 1. The van der Waals surface area contributed by atoms with Crippen LogP contribution in [0.15, 0.2) is 30.5 Å². The lowest BCUT2D eigenvalue weighted by Gasteiger charge is -2.10. The molecule has 1 aromatic carbocycles. The van der Waals surface area contributed by atoms with Gasteiger partial charge in [0.15, 0.2) is 0 Å². The van der Waals surface area contributed by atoms with Gasteiger partial charge in [0.05, 0.1) is 0 Å². The van der Waals surface area contributed by atoms with Crippen molar-refractivity contribution in [3.8, 4) is 0 Å². The first-order valence-electron chi connectivity index (χ1n) is 4.66. The van der Waals surface area contributed by atoms with Gasteiger partial charge in [0, 0.05) is 18.1 Å². The van der Waals surface area contributed by atoms with Gasteiger partial charge in [-0.2, -0.15) is 8.78 Å². The summed E-state index contributed by atoms with van der Waals surface area (Å²) in [6.45, 7) is 0. The summed E-state index contributed by atoms with van der Waals surface area (Å²) in [5.74, 6) is -5.81. The molecule has 16 heavy (non-hydrogen) atoms. The van der Waals surface area contributed by atoms with Gasteiger partial charge in [0.1, 0.15) is 0 Å². The van der Waals surface area contributed by atoms with E-state index >= 15 is 0 Å². The number of hydrogen-bond acceptors (Lipinski definition) is 1. The lowest BCUT2D eigenvalue weighted by atomic mass is 10.1. The summed E-state index contributed by atoms with van der Waals surface area (Å²) >= 11 is 0. The number of carbonyl (C=O) groups is 1. The summed E-state index contributed by atoms with van der Waals surface area (Å²) in [5, 5.41) is 9.11. The van der Waals surface area contributed by atoms with Crippen molar-refractivity contribution >= 4 is 16.9 Å². The molecule has 1 heterocycles. The van der Waals surface area contributed by atoms with Crippen LogP contribution >= 0.6 is 0 Å². The molecule has 84 valence electrons. The summed E-state index contributed by atoms with van der Waals surface area (Å²) in [6.07, 6.45) is 0.910. The Bertz CT molecular complexity index is 534. The van der Waals surface area contributed by atoms with E-state index in [-0.39, 0.29) is 0 Å². The molecule has 2 rings (SSSR count). The molecule has 0 saturated carbocycles. The van der Waals surface area contributed by atoms with Crippen molar-refractivity contribution in [1.82, 2.24) is 4.98 Å². The number of fused-ring (bicyclic) bond motifs is 1. The summed E-state index contributed by atoms with van der Waals surface area (Å²) in [5.41, 5.74) is 1.14. The topological polar surface area (TPSA) is 53.1 Å². The van der Waals surface area contributed by atoms with Gasteiger partial charge in [-0.1, -0.05) is 6.07 Å². The zero-order chi connectivity index (χ0) is 11.8. The van der Waals surface area contributed by atoms with Gasteiger partial charge < -0.3 is 10.1 Å². The number of carboxylic acid groups (broad SMARTS) is 1. The van der Waals surface area contributed by atoms with Crippen molar-refractivity contribution in [2.45, 2.75) is 12.3 Å². The summed E-state index contributed by atoms with van der Waals surface area (Å²) < 4.78 is 25.9. The van der Waals surface area contributed by atoms with Gasteiger partial charge in [-0.15, -0.1) is 0 Å². The van der Waals surface area contributed by atoms with Crippen LogP contribution in [0.2, 0.25) is 0 Å². The molecular weight excluding hydrogens is 216 g/mol. The Labute approximate surface area is 89.7 Å². The monoisotopic (exact) mass is 225 g/mol. The van der Waals surface area contributed by atoms with Crippen LogP contribution in [0.3, 0.4) is 0 Å². The van der Waals surface area contributed by atoms with Gasteiger partial charge >= 0.3 is 11.9 Å². The number of aliphatic carboxylic acids is 1. The maximum absolute atomic E-state index is 13.0. The van der Waals surface area contributed by atoms with E-state index in [1.165, 1.54) is 6.07 Å². The number of carboxylic acids is 1. The van der Waals surface area contributed by atoms with E-state index in [1.54, 1.807) is 24.4 Å². The SMILES string of the molecule is O=C(O)C(F)(F)Cc1ccc2[nH]ccc2c1. The van der Waals surface area contributed by atoms with Crippen LogP contribution in [-0.4, -0.2) is 22.0 Å². The first kappa shape index (κ1) is 10.6. The average Bonchev–Trinajstić information content (AvgIpc) is 2.63. The van der Waals surface area contributed by atoms with Gasteiger partial charge in [-0.25, -0.2) is 4.79 Å². The van der Waals surface area contributed by atoms with Crippen molar-refractivity contribution in [2.24, 2.45) is 0 Å². The van der Waals surface area contributed by atoms with Crippen LogP contribution in [0.5, 0.6) is 0 Å². The molecule has 0 unspecified atom stereocenters. The zero-order valence-corrected chi connectivity index (χ0v) is 8.21. The largest absolute Gasteiger partial charge is 0.477 e. The highest BCUT2D eigenvalue weighted by molar-refractivity contribution is 5.80. The number of hydrogen-bond donors (Lipinski definition) is 2. The van der Waals surface area contributed by atoms with E-state index in [0.717, 1.165) is 10.9 Å². The molecule has 0 fully saturated rings. The molecule has 2 N–H and O–H groups in total. The molecule has 2 aromatic rings. The molecule has 0 saturated heterocycles. The average molecular weight is 225 g/mol. The van der Waals surface area contributed by atoms with Crippen molar-refractivity contribution in [3.05, 3.63) is 36.0 Å². The number of halogens is 2. The third kappa shape index (κ3) is 1.88. The molecule has 0 radical (unpaired) electrons. The number of aromatic nitrogens is 1. The van der Waals surface area contributed by atoms with E-state index in [2.05, 4.69) is 4.98 Å². The van der Waals surface area contributed by atoms with Crippen LogP contribution in [0.1, 0.15) is 5.56 Å². The highest BCUT2D eigenvalue weighted by Crippen LogP contribution is 2.22. The minimum absolute atomic E-state index is 0.305. The van der Waals surface area contributed by atoms with Crippen molar-refractivity contribution in [2.75, 3.05) is 0 Å². The second-order valence-corrected chi connectivity index (χ2v) is 3.59. The fourth-order valence-corrected chi connectivity index (χ4v) is 1.54. The Morgan fingerprint density at radius 1 is 1.38 bits per heavy atom. The molecule has 0 amide bonds. The normalized spacial score (nSPS) is 11.9. The molecule has 0 aliphatic rings. The van der Waals surface area contributed by atoms with E-state index < -0.39 is 18.3 Å². The third-order valence-electron chi connectivity index (χ3n) is 2.36. The fraction of sp³-hybridized carbons (Fsp3) is 0.182. The van der Waals surface area contributed by atoms with Crippen molar-refractivity contribution in [1.29, 1.82) is 0 Å². The Hall–Kier alpha value is -1.91. The molecular formula is C11H9F2NO2. The second kappa shape index (κ2) is 3.59. The summed E-state index contributed by atoms with van der Waals surface area (Å²) in [4.78, 5) is 13.2. The molecule has 3 nitrogen and oxygen atoms in total. The first-order valence-corrected chi connectivity index (χ1v) is 4.66. The maximum atomic E-state index is 13.0. The minimum Gasteiger partial charge on any atom is -0.477 e. The van der Waals surface area contributed by atoms with E-state index in [0.29, 0.717) is 5.56 Å². The van der Waals surface area contributed by atoms with Crippen LogP contribution in [0.25, 0.3) is 10.9 Å². The molecule has 0 atom stereocenters. The summed E-state index contributed by atoms with van der Waals surface area (Å²) in [6, 6.07) is 6.46. The lowest BCUT2D eigenvalue weighted by molar-refractivity contribution is -0.164. The Balaban J connectivity index is 2.30. The Morgan fingerprint density at radius 2 is 2.12 bits per heavy atom. The number of rotatable bonds is 3. The van der Waals surface area contributed by atoms with Crippen LogP contribution in [-0.2, 0) is 11.2 Å². The standard InChI is InChI=1S/C11H9F2NO2/c12-11(13,10(15)16)6-7-1-2-9-8(5-7)3-4-14-9/h1-5,14H,6H2,(H,15,16). The number of alkyl halides is 2. The third-order valence-corrected chi connectivity index (χ3v) is 2.36. The van der Waals surface area contributed by atoms with Crippen LogP contribution in [0, 0.1) is 0 Å². The highest BCUT2D eigenvalue weighted by atomic mass is 19.3. The lowest BCUT2D eigenvalue weighted by Crippen LogP contribution is -2.30. The summed E-state index contributed by atoms with van der Waals surface area (Å²) in [7, 11) is 0. The predicted molar refractivity (Wildman–Crippen MR) is 54.6 cm³/mol. The molecule has 1 aromatic heterocycles. The van der Waals surface area contributed by atoms with E-state index in [1.807, 2.05) is 0 Å². The predicted octanol–water partition coefficient (Wildman–Crippen LogP) is 2.43. The molecule has 0 spiro atoms. The Morgan fingerprint density at radius 3 is 2.81 bits per heavy atom. The van der Waals surface area contributed by atoms with Gasteiger partial charge in [-0.3, -0.25) is 0 Å². The van der Waals surface area contributed by atoms with Crippen LogP contribution < -0.4 is 0 Å². The van der Waals surface area contributed by atoms with Gasteiger partial charge in [0.2, 0.25) is 0 Å². The molecule has 0 aliphatic carbocycles. The van der Waals surface area contributed by atoms with E-state index in [9.17, 15) is 13.6 Å². The number of H-pyrrole nitrogens is 1. The number of aromatic amines is 1. The number of nitrogens with one attached hydrogen (secondary N) is 1. The first-order chi connectivity index (χ1) is 7.49. The maximum Gasteiger partial charge on any atom is 0.374 e. The fourth-order valence-electron chi connectivity index (χ4n) is 1.54. The van der Waals surface area contributed by atoms with Crippen LogP contribution in [0.4, 0.5) is 8.78 Å². The Kier molecular flexibility index (Phi) is 2.38. The second-order valence-electron chi connectivity index (χ2n) is 3.59. The smallest absolute Gasteiger partial charge is 0.374 e. The van der Waals surface area contributed by atoms with Crippen molar-refractivity contribution in [3.63, 3.8) is 0 Å². The highest BCUT2D eigenvalue weighted by Gasteiger charge is 2.38. The quantitative estimate of drug-likeness (QED) is 0.842. The van der Waals surface area contributed by atoms with Crippen molar-refractivity contribution < 1.29 is 18.7 Å². The molecule has 5 heteroatoms. The van der Waals surface area contributed by atoms with Gasteiger partial charge in [-0.05, 0) is 29.1 Å². The van der Waals surface area contributed by atoms with E-state index in [4.69, 9.17) is 5.11 Å². The molecule has 0 aliphatic heterocycles. The zero-order valence-electron chi connectivity index (χ0n) is 8.21. The van der Waals surface area contributed by atoms with Gasteiger partial charge in [0.25, 0.3) is 0 Å². The molecule has 0 bridgehead atoms. The minimum atomic E-state index is -3.72.